The average molecular weight is 649 g/mol. The van der Waals surface area contributed by atoms with E-state index in [4.69, 9.17) is 4.42 Å². The molecule has 0 N–H and O–H groups in total. The second kappa shape index (κ2) is 9.87. The normalized spacial score (nSPS) is 12.3. The summed E-state index contributed by atoms with van der Waals surface area (Å²) in [6.45, 7) is 0. The molecule has 12 rings (SSSR count). The molecule has 0 saturated carbocycles. The third-order valence-electron chi connectivity index (χ3n) is 11.1. The molecule has 9 aromatic carbocycles. The number of nitrogens with zero attached hydrogens (tertiary/aromatic N) is 2. The van der Waals surface area contributed by atoms with Crippen LogP contribution in [0, 0.1) is 0 Å². The van der Waals surface area contributed by atoms with E-state index >= 15 is 0 Å². The largest absolute Gasteiger partial charge is 0.456 e. The summed E-state index contributed by atoms with van der Waals surface area (Å²) in [6, 6.07) is 61.9. The van der Waals surface area contributed by atoms with Crippen LogP contribution < -0.4 is 4.90 Å². The third-order valence-corrected chi connectivity index (χ3v) is 11.1. The van der Waals surface area contributed by atoms with Gasteiger partial charge in [-0.15, -0.1) is 0 Å². The number of aromatic nitrogens is 1. The standard InChI is InChI=1S/C48H28N2O/c1-2-13-33-31(11-1)32-12-3-4-14-34(32)41-27-29(23-25-35(33)41)49(30-24-26-46-42(28-30)37-16-6-8-22-45(37)51-46)44-21-10-19-40-39-18-9-17-38-36-15-5-7-20-43(36)50(47(38)39)48(40)44/h1-28H. The fraction of sp³-hybridized carbons (Fsp3) is 0. The van der Waals surface area contributed by atoms with E-state index in [1.54, 1.807) is 0 Å². The van der Waals surface area contributed by atoms with E-state index < -0.39 is 0 Å². The van der Waals surface area contributed by atoms with E-state index in [2.05, 4.69) is 173 Å². The topological polar surface area (TPSA) is 20.8 Å². The van der Waals surface area contributed by atoms with Gasteiger partial charge in [0.05, 0.1) is 22.2 Å². The molecule has 0 spiro atoms. The predicted molar refractivity (Wildman–Crippen MR) is 216 cm³/mol. The number of hydrogen-bond acceptors (Lipinski definition) is 2. The van der Waals surface area contributed by atoms with Gasteiger partial charge in [0, 0.05) is 43.7 Å². The predicted octanol–water partition coefficient (Wildman–Crippen LogP) is 13.7. The van der Waals surface area contributed by atoms with Gasteiger partial charge in [0.25, 0.3) is 0 Å². The maximum atomic E-state index is 6.32. The van der Waals surface area contributed by atoms with Gasteiger partial charge in [-0.05, 0) is 80.8 Å². The molecule has 0 aliphatic carbocycles. The van der Waals surface area contributed by atoms with Gasteiger partial charge < -0.3 is 13.7 Å². The number of benzene rings is 9. The van der Waals surface area contributed by atoms with Gasteiger partial charge in [-0.25, -0.2) is 0 Å². The molecule has 236 valence electrons. The molecule has 0 bridgehead atoms. The Morgan fingerprint density at radius 3 is 1.57 bits per heavy atom. The first-order valence-electron chi connectivity index (χ1n) is 17.5. The van der Waals surface area contributed by atoms with Crippen LogP contribution >= 0.6 is 0 Å². The van der Waals surface area contributed by atoms with E-state index in [1.165, 1.54) is 70.4 Å². The summed E-state index contributed by atoms with van der Waals surface area (Å²) in [7, 11) is 0. The molecule has 0 saturated heterocycles. The molecule has 3 heteroatoms. The highest BCUT2D eigenvalue weighted by atomic mass is 16.3. The zero-order valence-corrected chi connectivity index (χ0v) is 27.5. The highest BCUT2D eigenvalue weighted by molar-refractivity contribution is 6.27. The Morgan fingerprint density at radius 2 is 0.824 bits per heavy atom. The van der Waals surface area contributed by atoms with Crippen molar-refractivity contribution in [3.63, 3.8) is 0 Å². The van der Waals surface area contributed by atoms with Crippen LogP contribution in [0.1, 0.15) is 0 Å². The average Bonchev–Trinajstić information content (AvgIpc) is 3.85. The third kappa shape index (κ3) is 3.57. The Hall–Kier alpha value is -6.84. The molecule has 12 aromatic rings. The van der Waals surface area contributed by atoms with Crippen molar-refractivity contribution < 1.29 is 4.42 Å². The van der Waals surface area contributed by atoms with Crippen molar-refractivity contribution in [2.45, 2.75) is 0 Å². The minimum atomic E-state index is 0.889. The molecule has 0 fully saturated rings. The monoisotopic (exact) mass is 648 g/mol. The van der Waals surface area contributed by atoms with Crippen molar-refractivity contribution in [1.82, 2.24) is 4.40 Å². The Labute approximate surface area is 292 Å². The van der Waals surface area contributed by atoms with Gasteiger partial charge >= 0.3 is 0 Å². The van der Waals surface area contributed by atoms with Crippen molar-refractivity contribution >= 4 is 109 Å². The molecule has 0 aliphatic rings. The SMILES string of the molecule is c1ccc2c(c1)oc1ccc(N(c3ccc4c5ccccc5c5ccccc5c4c3)c3cccc4c5cccc6c7ccccc7n(c34)c65)cc12. The van der Waals surface area contributed by atoms with Crippen LogP contribution in [0.25, 0.3) is 92.4 Å². The van der Waals surface area contributed by atoms with E-state index in [0.717, 1.165) is 39.0 Å². The number of anilines is 3. The molecule has 0 unspecified atom stereocenters. The van der Waals surface area contributed by atoms with Gasteiger partial charge in [0.1, 0.15) is 11.2 Å². The lowest BCUT2D eigenvalue weighted by Crippen LogP contribution is -2.11. The first-order chi connectivity index (χ1) is 25.3. The molecule has 3 heterocycles. The smallest absolute Gasteiger partial charge is 0.135 e. The van der Waals surface area contributed by atoms with Crippen LogP contribution in [0.4, 0.5) is 17.1 Å². The Morgan fingerprint density at radius 1 is 0.333 bits per heavy atom. The first kappa shape index (κ1) is 27.0. The van der Waals surface area contributed by atoms with Crippen LogP contribution in [-0.4, -0.2) is 4.40 Å². The second-order valence-corrected chi connectivity index (χ2v) is 13.7. The van der Waals surface area contributed by atoms with E-state index in [1.807, 2.05) is 6.07 Å². The van der Waals surface area contributed by atoms with Crippen molar-refractivity contribution in [2.24, 2.45) is 0 Å². The van der Waals surface area contributed by atoms with Crippen LogP contribution in [0.15, 0.2) is 174 Å². The molecule has 3 aromatic heterocycles. The summed E-state index contributed by atoms with van der Waals surface area (Å²) < 4.78 is 8.81. The number of para-hydroxylation sites is 4. The minimum Gasteiger partial charge on any atom is -0.456 e. The van der Waals surface area contributed by atoms with Crippen LogP contribution in [0.3, 0.4) is 0 Å². The van der Waals surface area contributed by atoms with E-state index in [9.17, 15) is 0 Å². The van der Waals surface area contributed by atoms with Gasteiger partial charge in [0.2, 0.25) is 0 Å². The molecule has 0 atom stereocenters. The zero-order valence-electron chi connectivity index (χ0n) is 27.5. The summed E-state index contributed by atoms with van der Waals surface area (Å²) >= 11 is 0. The number of rotatable bonds is 3. The Bertz CT molecular complexity index is 3350. The fourth-order valence-electron chi connectivity index (χ4n) is 8.95. The number of fused-ring (bicyclic) bond motifs is 15. The summed E-state index contributed by atoms with van der Waals surface area (Å²) in [5.74, 6) is 0. The molecular weight excluding hydrogens is 621 g/mol. The highest BCUT2D eigenvalue weighted by Crippen LogP contribution is 2.47. The van der Waals surface area contributed by atoms with Crippen molar-refractivity contribution in [3.8, 4) is 0 Å². The van der Waals surface area contributed by atoms with E-state index in [-0.39, 0.29) is 0 Å². The molecule has 0 amide bonds. The van der Waals surface area contributed by atoms with Crippen LogP contribution in [0.2, 0.25) is 0 Å². The Kier molecular flexibility index (Phi) is 5.23. The van der Waals surface area contributed by atoms with Crippen LogP contribution in [0.5, 0.6) is 0 Å². The maximum Gasteiger partial charge on any atom is 0.135 e. The van der Waals surface area contributed by atoms with Gasteiger partial charge in [0.15, 0.2) is 0 Å². The molecule has 3 nitrogen and oxygen atoms in total. The molecule has 0 aliphatic heterocycles. The molecular formula is C48H28N2O. The first-order valence-corrected chi connectivity index (χ1v) is 17.5. The Balaban J connectivity index is 1.23. The summed E-state index contributed by atoms with van der Waals surface area (Å²) in [5, 5.41) is 14.9. The number of hydrogen-bond donors (Lipinski definition) is 0. The summed E-state index contributed by atoms with van der Waals surface area (Å²) in [6.07, 6.45) is 0. The molecule has 51 heavy (non-hydrogen) atoms. The molecule has 0 radical (unpaired) electrons. The van der Waals surface area contributed by atoms with E-state index in [0.29, 0.717) is 0 Å². The number of furan rings is 1. The van der Waals surface area contributed by atoms with Crippen molar-refractivity contribution in [2.75, 3.05) is 4.90 Å². The van der Waals surface area contributed by atoms with Gasteiger partial charge in [-0.2, -0.15) is 0 Å². The summed E-state index contributed by atoms with van der Waals surface area (Å²) in [4.78, 5) is 2.45. The van der Waals surface area contributed by atoms with Gasteiger partial charge in [-0.3, -0.25) is 0 Å². The highest BCUT2D eigenvalue weighted by Gasteiger charge is 2.24. The fourth-order valence-corrected chi connectivity index (χ4v) is 8.95. The van der Waals surface area contributed by atoms with Crippen molar-refractivity contribution in [1.29, 1.82) is 0 Å². The lowest BCUT2D eigenvalue weighted by molar-refractivity contribution is 0.669. The van der Waals surface area contributed by atoms with Crippen LogP contribution in [-0.2, 0) is 0 Å². The zero-order chi connectivity index (χ0) is 33.2. The maximum absolute atomic E-state index is 6.32. The van der Waals surface area contributed by atoms with Crippen molar-refractivity contribution in [3.05, 3.63) is 170 Å². The quantitative estimate of drug-likeness (QED) is 0.178. The van der Waals surface area contributed by atoms with Gasteiger partial charge in [-0.1, -0.05) is 121 Å². The lowest BCUT2D eigenvalue weighted by Gasteiger charge is -2.27. The summed E-state index contributed by atoms with van der Waals surface area (Å²) in [5.41, 5.74) is 8.79. The lowest BCUT2D eigenvalue weighted by atomic mass is 9.94. The second-order valence-electron chi connectivity index (χ2n) is 13.7. The minimum absolute atomic E-state index is 0.889.